The molecule has 0 saturated heterocycles. The largest absolute Gasteiger partial charge is 0.548 e. The number of hydrogen-bond donors (Lipinski definition) is 1. The van der Waals surface area contributed by atoms with Crippen molar-refractivity contribution in [2.45, 2.75) is 0 Å². The van der Waals surface area contributed by atoms with Crippen molar-refractivity contribution in [3.8, 4) is 0 Å². The second kappa shape index (κ2) is 3.34. The fraction of sp³-hybridized carbons (Fsp3) is 0.100. The van der Waals surface area contributed by atoms with E-state index in [0.29, 0.717) is 10.6 Å². The maximum Gasteiger partial charge on any atom is 0.261 e. The van der Waals surface area contributed by atoms with E-state index in [0.717, 1.165) is 0 Å². The zero-order chi connectivity index (χ0) is 11.9. The molecule has 0 aliphatic carbocycles. The Morgan fingerprint density at radius 1 is 1.25 bits per heavy atom. The first-order valence-electron chi connectivity index (χ1n) is 4.46. The quantitative estimate of drug-likeness (QED) is 0.487. The number of benzene rings is 1. The highest BCUT2D eigenvalue weighted by Gasteiger charge is 2.35. The van der Waals surface area contributed by atoms with Gasteiger partial charge in [0.15, 0.2) is 0 Å². The van der Waals surface area contributed by atoms with Crippen molar-refractivity contribution in [2.75, 3.05) is 12.3 Å². The molecule has 2 amide bonds. The highest BCUT2D eigenvalue weighted by atomic mass is 16.4. The Bertz CT molecular complexity index is 510. The fourth-order valence-electron chi connectivity index (χ4n) is 1.58. The molecule has 6 heteroatoms. The molecule has 1 aromatic rings. The first-order valence-corrected chi connectivity index (χ1v) is 4.46. The average Bonchev–Trinajstić information content (AvgIpc) is 2.43. The number of nitrogens with two attached hydrogens (primary N) is 1. The highest BCUT2D eigenvalue weighted by Crippen LogP contribution is 2.24. The van der Waals surface area contributed by atoms with Crippen LogP contribution in [0, 0.1) is 0 Å². The highest BCUT2D eigenvalue weighted by molar-refractivity contribution is 6.22. The topological polar surface area (TPSA) is 104 Å². The summed E-state index contributed by atoms with van der Waals surface area (Å²) >= 11 is 0. The molecule has 0 aromatic heterocycles. The molecule has 1 aliphatic rings. The van der Waals surface area contributed by atoms with Gasteiger partial charge in [0.25, 0.3) is 11.8 Å². The van der Waals surface area contributed by atoms with Crippen LogP contribution in [-0.2, 0) is 4.79 Å². The van der Waals surface area contributed by atoms with E-state index in [1.807, 2.05) is 0 Å². The number of nitrogen functional groups attached to an aromatic ring is 1. The van der Waals surface area contributed by atoms with E-state index in [4.69, 9.17) is 5.73 Å². The van der Waals surface area contributed by atoms with E-state index in [1.54, 1.807) is 0 Å². The average molecular weight is 219 g/mol. The summed E-state index contributed by atoms with van der Waals surface area (Å²) in [4.78, 5) is 34.3. The third kappa shape index (κ3) is 1.40. The maximum absolute atomic E-state index is 11.7. The first-order chi connectivity index (χ1) is 7.50. The number of carbonyl (C=O) groups is 3. The van der Waals surface area contributed by atoms with Crippen LogP contribution in [0.4, 0.5) is 5.69 Å². The van der Waals surface area contributed by atoms with Crippen molar-refractivity contribution in [1.82, 2.24) is 4.90 Å². The van der Waals surface area contributed by atoms with Gasteiger partial charge in [-0.1, -0.05) is 0 Å². The van der Waals surface area contributed by atoms with E-state index in [9.17, 15) is 19.5 Å². The van der Waals surface area contributed by atoms with Crippen LogP contribution in [0.25, 0.3) is 0 Å². The molecule has 1 aliphatic heterocycles. The summed E-state index contributed by atoms with van der Waals surface area (Å²) < 4.78 is 0. The minimum Gasteiger partial charge on any atom is -0.548 e. The summed E-state index contributed by atoms with van der Waals surface area (Å²) in [7, 11) is 0. The number of carboxylic acids is 1. The molecule has 0 saturated carbocycles. The standard InChI is InChI=1S/C10H8N2O4/c11-5-1-2-6-7(3-5)10(16)12(9(6)15)4-8(13)14/h1-3H,4,11H2,(H,13,14)/p-1. The number of nitrogens with zero attached hydrogens (tertiary/aromatic N) is 1. The molecule has 6 nitrogen and oxygen atoms in total. The van der Waals surface area contributed by atoms with Crippen LogP contribution < -0.4 is 10.8 Å². The van der Waals surface area contributed by atoms with Gasteiger partial charge < -0.3 is 15.6 Å². The molecular weight excluding hydrogens is 212 g/mol. The Morgan fingerprint density at radius 3 is 2.50 bits per heavy atom. The van der Waals surface area contributed by atoms with E-state index >= 15 is 0 Å². The van der Waals surface area contributed by atoms with Gasteiger partial charge in [-0.3, -0.25) is 14.5 Å². The van der Waals surface area contributed by atoms with Crippen LogP contribution >= 0.6 is 0 Å². The second-order valence-electron chi connectivity index (χ2n) is 3.37. The predicted molar refractivity (Wildman–Crippen MR) is 51.2 cm³/mol. The summed E-state index contributed by atoms with van der Waals surface area (Å²) in [6.45, 7) is -0.744. The van der Waals surface area contributed by atoms with Crippen LogP contribution in [0.15, 0.2) is 18.2 Å². The van der Waals surface area contributed by atoms with E-state index in [-0.39, 0.29) is 11.1 Å². The number of hydrogen-bond acceptors (Lipinski definition) is 5. The van der Waals surface area contributed by atoms with Crippen LogP contribution in [0.1, 0.15) is 20.7 Å². The zero-order valence-electron chi connectivity index (χ0n) is 8.10. The minimum atomic E-state index is -1.48. The summed E-state index contributed by atoms with van der Waals surface area (Å²) in [5.74, 6) is -2.77. The summed E-state index contributed by atoms with van der Waals surface area (Å²) in [5, 5.41) is 10.4. The number of carbonyl (C=O) groups excluding carboxylic acids is 3. The van der Waals surface area contributed by atoms with Crippen molar-refractivity contribution in [3.63, 3.8) is 0 Å². The van der Waals surface area contributed by atoms with Crippen molar-refractivity contribution in [2.24, 2.45) is 0 Å². The third-order valence-electron chi connectivity index (χ3n) is 2.28. The number of carboxylic acid groups (broad SMARTS) is 1. The minimum absolute atomic E-state index is 0.131. The lowest BCUT2D eigenvalue weighted by molar-refractivity contribution is -0.305. The van der Waals surface area contributed by atoms with Crippen molar-refractivity contribution in [3.05, 3.63) is 29.3 Å². The number of imide groups is 1. The lowest BCUT2D eigenvalue weighted by atomic mass is 10.1. The normalized spacial score (nSPS) is 14.1. The monoisotopic (exact) mass is 219 g/mol. The SMILES string of the molecule is Nc1ccc2c(c1)C(=O)N(CC(=O)[O-])C2=O. The second-order valence-corrected chi connectivity index (χ2v) is 3.37. The fourth-order valence-corrected chi connectivity index (χ4v) is 1.58. The molecule has 82 valence electrons. The molecule has 16 heavy (non-hydrogen) atoms. The van der Waals surface area contributed by atoms with E-state index in [2.05, 4.69) is 0 Å². The Balaban J connectivity index is 2.44. The molecule has 0 fully saturated rings. The van der Waals surface area contributed by atoms with Gasteiger partial charge in [-0.15, -0.1) is 0 Å². The number of amides is 2. The Morgan fingerprint density at radius 2 is 1.88 bits per heavy atom. The van der Waals surface area contributed by atoms with Crippen LogP contribution in [-0.4, -0.2) is 29.2 Å². The number of fused-ring (bicyclic) bond motifs is 1. The van der Waals surface area contributed by atoms with Crippen molar-refractivity contribution < 1.29 is 19.5 Å². The molecule has 0 bridgehead atoms. The van der Waals surface area contributed by atoms with Gasteiger partial charge in [0.1, 0.15) is 0 Å². The Labute approximate surface area is 90.3 Å². The lowest BCUT2D eigenvalue weighted by Gasteiger charge is -2.13. The van der Waals surface area contributed by atoms with Gasteiger partial charge in [0.05, 0.1) is 23.6 Å². The smallest absolute Gasteiger partial charge is 0.261 e. The zero-order valence-corrected chi connectivity index (χ0v) is 8.10. The van der Waals surface area contributed by atoms with E-state index < -0.39 is 24.3 Å². The molecular formula is C10H7N2O4-. The van der Waals surface area contributed by atoms with Crippen LogP contribution in [0.3, 0.4) is 0 Å². The summed E-state index contributed by atoms with van der Waals surface area (Å²) in [6, 6.07) is 4.23. The molecule has 2 N–H and O–H groups in total. The van der Waals surface area contributed by atoms with Gasteiger partial charge >= 0.3 is 0 Å². The summed E-state index contributed by atoms with van der Waals surface area (Å²) in [6.07, 6.45) is 0. The van der Waals surface area contributed by atoms with Crippen LogP contribution in [0.2, 0.25) is 0 Å². The Kier molecular flexibility index (Phi) is 2.12. The van der Waals surface area contributed by atoms with Gasteiger partial charge in [0, 0.05) is 5.69 Å². The van der Waals surface area contributed by atoms with Gasteiger partial charge in [-0.25, -0.2) is 0 Å². The Hall–Kier alpha value is -2.37. The van der Waals surface area contributed by atoms with Crippen molar-refractivity contribution in [1.29, 1.82) is 0 Å². The van der Waals surface area contributed by atoms with Gasteiger partial charge in [-0.2, -0.15) is 0 Å². The molecule has 1 heterocycles. The first kappa shape index (κ1) is 10.2. The number of rotatable bonds is 2. The van der Waals surface area contributed by atoms with Crippen LogP contribution in [0.5, 0.6) is 0 Å². The molecule has 1 aromatic carbocycles. The lowest BCUT2D eigenvalue weighted by Crippen LogP contribution is -2.41. The predicted octanol–water partition coefficient (Wildman–Crippen LogP) is -1.39. The summed E-state index contributed by atoms with van der Waals surface area (Å²) in [5.41, 5.74) is 6.12. The molecule has 0 unspecified atom stereocenters. The maximum atomic E-state index is 11.7. The van der Waals surface area contributed by atoms with E-state index in [1.165, 1.54) is 18.2 Å². The van der Waals surface area contributed by atoms with Gasteiger partial charge in [-0.05, 0) is 18.2 Å². The number of aliphatic carboxylic acids is 1. The number of anilines is 1. The molecule has 0 spiro atoms. The van der Waals surface area contributed by atoms with Crippen molar-refractivity contribution >= 4 is 23.5 Å². The molecule has 0 radical (unpaired) electrons. The third-order valence-corrected chi connectivity index (χ3v) is 2.28. The molecule has 0 atom stereocenters. The van der Waals surface area contributed by atoms with Gasteiger partial charge in [0.2, 0.25) is 0 Å². The molecule has 2 rings (SSSR count).